The lowest BCUT2D eigenvalue weighted by molar-refractivity contribution is -0.115. The van der Waals surface area contributed by atoms with Gasteiger partial charge in [0.2, 0.25) is 5.91 Å². The van der Waals surface area contributed by atoms with Gasteiger partial charge in [0.25, 0.3) is 0 Å². The lowest BCUT2D eigenvalue weighted by atomic mass is 10.0. The number of hydrogen-bond donors (Lipinski definition) is 2. The quantitative estimate of drug-likeness (QED) is 0.617. The molecule has 28 heavy (non-hydrogen) atoms. The van der Waals surface area contributed by atoms with Crippen LogP contribution in [0.1, 0.15) is 16.7 Å². The van der Waals surface area contributed by atoms with E-state index in [2.05, 4.69) is 5.32 Å². The van der Waals surface area contributed by atoms with Gasteiger partial charge in [-0.25, -0.2) is 4.79 Å². The number of nitrogens with one attached hydrogen (secondary N) is 1. The Kier molecular flexibility index (Phi) is 6.02. The van der Waals surface area contributed by atoms with Crippen LogP contribution >= 0.6 is 11.6 Å². The van der Waals surface area contributed by atoms with Crippen LogP contribution in [0.5, 0.6) is 5.75 Å². The number of methoxy groups -OCH3 is 1. The number of halogens is 1. The predicted octanol–water partition coefficient (Wildman–Crippen LogP) is 3.48. The van der Waals surface area contributed by atoms with E-state index in [0.717, 1.165) is 5.56 Å². The molecule has 0 aliphatic carbocycles. The number of aliphatic hydroxyl groups excluding tert-OH is 1. The average Bonchev–Trinajstić information content (AvgIpc) is 2.67. The largest absolute Gasteiger partial charge is 0.495 e. The maximum atomic E-state index is 12.4. The third kappa shape index (κ3) is 4.18. The zero-order valence-electron chi connectivity index (χ0n) is 15.5. The fraction of sp³-hybridized carbons (Fsp3) is 0.238. The summed E-state index contributed by atoms with van der Waals surface area (Å²) in [7, 11) is 1.48. The van der Waals surface area contributed by atoms with E-state index in [0.29, 0.717) is 39.4 Å². The average molecular weight is 402 g/mol. The second-order valence-electron chi connectivity index (χ2n) is 6.37. The molecule has 1 amide bonds. The van der Waals surface area contributed by atoms with E-state index in [-0.39, 0.29) is 24.5 Å². The lowest BCUT2D eigenvalue weighted by Crippen LogP contribution is -2.20. The fourth-order valence-corrected chi connectivity index (χ4v) is 3.24. The Morgan fingerprint density at radius 2 is 1.96 bits per heavy atom. The summed E-state index contributed by atoms with van der Waals surface area (Å²) >= 11 is 6.18. The van der Waals surface area contributed by atoms with Crippen LogP contribution in [0.15, 0.2) is 45.6 Å². The Hall–Kier alpha value is -2.83. The highest BCUT2D eigenvalue weighted by molar-refractivity contribution is 6.32. The highest BCUT2D eigenvalue weighted by Crippen LogP contribution is 2.31. The smallest absolute Gasteiger partial charge is 0.340 e. The van der Waals surface area contributed by atoms with Crippen LogP contribution in [0, 0.1) is 6.92 Å². The summed E-state index contributed by atoms with van der Waals surface area (Å²) in [5.41, 5.74) is 2.30. The van der Waals surface area contributed by atoms with Crippen LogP contribution in [0.3, 0.4) is 0 Å². The molecule has 0 fully saturated rings. The van der Waals surface area contributed by atoms with E-state index in [4.69, 9.17) is 25.9 Å². The number of anilines is 1. The first-order valence-electron chi connectivity index (χ1n) is 8.72. The number of aliphatic hydroxyl groups is 1. The molecule has 2 N–H and O–H groups in total. The minimum absolute atomic E-state index is 0.0681. The van der Waals surface area contributed by atoms with Crippen molar-refractivity contribution in [2.24, 2.45) is 0 Å². The number of ether oxygens (including phenoxy) is 1. The Morgan fingerprint density at radius 3 is 2.61 bits per heavy atom. The van der Waals surface area contributed by atoms with Crippen LogP contribution in [0.2, 0.25) is 5.02 Å². The molecule has 3 rings (SSSR count). The van der Waals surface area contributed by atoms with Crippen molar-refractivity contribution in [3.63, 3.8) is 0 Å². The van der Waals surface area contributed by atoms with Gasteiger partial charge in [0.1, 0.15) is 11.3 Å². The van der Waals surface area contributed by atoms with Crippen molar-refractivity contribution in [3.8, 4) is 5.75 Å². The van der Waals surface area contributed by atoms with Gasteiger partial charge in [0.05, 0.1) is 24.1 Å². The van der Waals surface area contributed by atoms with Gasteiger partial charge >= 0.3 is 5.63 Å². The number of carbonyl (C=O) groups is 1. The van der Waals surface area contributed by atoms with Crippen molar-refractivity contribution < 1.29 is 19.1 Å². The van der Waals surface area contributed by atoms with Crippen LogP contribution in [0.25, 0.3) is 11.0 Å². The highest BCUT2D eigenvalue weighted by atomic mass is 35.5. The number of rotatable bonds is 6. The van der Waals surface area contributed by atoms with Crippen LogP contribution in [0.4, 0.5) is 5.69 Å². The summed E-state index contributed by atoms with van der Waals surface area (Å²) in [4.78, 5) is 24.8. The molecule has 0 atom stereocenters. The summed E-state index contributed by atoms with van der Waals surface area (Å²) in [5.74, 6) is 0.0797. The first kappa shape index (κ1) is 19.9. The maximum Gasteiger partial charge on any atom is 0.340 e. The second-order valence-corrected chi connectivity index (χ2v) is 6.78. The van der Waals surface area contributed by atoms with E-state index in [1.165, 1.54) is 7.11 Å². The summed E-state index contributed by atoms with van der Waals surface area (Å²) in [6.07, 6.45) is 0.436. The van der Waals surface area contributed by atoms with Gasteiger partial charge < -0.3 is 19.6 Å². The molecule has 1 aromatic heterocycles. The molecule has 0 saturated heterocycles. The molecule has 7 heteroatoms. The Bertz CT molecular complexity index is 1070. The molecule has 146 valence electrons. The molecule has 0 saturated carbocycles. The SMILES string of the molecule is COc1cc2oc(=O)c(CC(=O)Nc3ccc(CCO)cc3)c(C)c2cc1Cl. The third-order valence-electron chi connectivity index (χ3n) is 4.54. The minimum Gasteiger partial charge on any atom is -0.495 e. The number of fused-ring (bicyclic) bond motifs is 1. The second kappa shape index (κ2) is 8.46. The highest BCUT2D eigenvalue weighted by Gasteiger charge is 2.17. The van der Waals surface area contributed by atoms with E-state index in [9.17, 15) is 9.59 Å². The third-order valence-corrected chi connectivity index (χ3v) is 4.83. The van der Waals surface area contributed by atoms with Crippen molar-refractivity contribution in [1.29, 1.82) is 0 Å². The standard InChI is InChI=1S/C21H20ClNO5/c1-12-15-9-17(22)19(27-2)11-18(15)28-21(26)16(12)10-20(25)23-14-5-3-13(4-6-14)7-8-24/h3-6,9,11,24H,7-8,10H2,1-2H3,(H,23,25). The molecule has 0 aliphatic heterocycles. The molecule has 2 aromatic carbocycles. The van der Waals surface area contributed by atoms with Gasteiger partial charge in [-0.3, -0.25) is 4.79 Å². The van der Waals surface area contributed by atoms with E-state index in [1.807, 2.05) is 12.1 Å². The Morgan fingerprint density at radius 1 is 1.25 bits per heavy atom. The molecule has 6 nitrogen and oxygen atoms in total. The zero-order chi connectivity index (χ0) is 20.3. The summed E-state index contributed by atoms with van der Waals surface area (Å²) < 4.78 is 10.5. The first-order valence-corrected chi connectivity index (χ1v) is 9.10. The molecule has 1 heterocycles. The summed E-state index contributed by atoms with van der Waals surface area (Å²) in [5, 5.41) is 12.8. The minimum atomic E-state index is -0.567. The van der Waals surface area contributed by atoms with Crippen molar-refractivity contribution in [1.82, 2.24) is 0 Å². The van der Waals surface area contributed by atoms with E-state index < -0.39 is 5.63 Å². The van der Waals surface area contributed by atoms with Crippen molar-refractivity contribution in [2.75, 3.05) is 19.0 Å². The van der Waals surface area contributed by atoms with E-state index >= 15 is 0 Å². The lowest BCUT2D eigenvalue weighted by Gasteiger charge is -2.11. The van der Waals surface area contributed by atoms with Crippen molar-refractivity contribution >= 4 is 34.2 Å². The number of amides is 1. The molecule has 0 spiro atoms. The molecular formula is C21H20ClNO5. The first-order chi connectivity index (χ1) is 13.4. The molecule has 0 bridgehead atoms. The zero-order valence-corrected chi connectivity index (χ0v) is 16.3. The molecule has 3 aromatic rings. The van der Waals surface area contributed by atoms with Crippen LogP contribution < -0.4 is 15.7 Å². The summed E-state index contributed by atoms with van der Waals surface area (Å²) in [6.45, 7) is 1.83. The monoisotopic (exact) mass is 401 g/mol. The van der Waals surface area contributed by atoms with Crippen LogP contribution in [-0.2, 0) is 17.6 Å². The van der Waals surface area contributed by atoms with Gasteiger partial charge in [0.15, 0.2) is 0 Å². The molecule has 0 unspecified atom stereocenters. The van der Waals surface area contributed by atoms with Gasteiger partial charge in [-0.15, -0.1) is 0 Å². The predicted molar refractivity (Wildman–Crippen MR) is 108 cm³/mol. The number of benzene rings is 2. The Labute approximate surface area is 166 Å². The summed E-state index contributed by atoms with van der Waals surface area (Å²) in [6, 6.07) is 10.4. The van der Waals surface area contributed by atoms with Gasteiger partial charge in [-0.2, -0.15) is 0 Å². The normalized spacial score (nSPS) is 10.9. The van der Waals surface area contributed by atoms with Gasteiger partial charge in [-0.1, -0.05) is 23.7 Å². The van der Waals surface area contributed by atoms with Crippen molar-refractivity contribution in [3.05, 3.63) is 68.5 Å². The number of hydrogen-bond acceptors (Lipinski definition) is 5. The van der Waals surface area contributed by atoms with Crippen molar-refractivity contribution in [2.45, 2.75) is 19.8 Å². The maximum absolute atomic E-state index is 12.4. The van der Waals surface area contributed by atoms with Gasteiger partial charge in [0, 0.05) is 23.7 Å². The Balaban J connectivity index is 1.85. The molecule has 0 radical (unpaired) electrons. The number of aryl methyl sites for hydroxylation is 1. The van der Waals surface area contributed by atoms with Crippen LogP contribution in [-0.4, -0.2) is 24.7 Å². The van der Waals surface area contributed by atoms with Gasteiger partial charge in [-0.05, 0) is 42.7 Å². The molecule has 0 aliphatic rings. The number of carbonyl (C=O) groups excluding carboxylic acids is 1. The molecular weight excluding hydrogens is 382 g/mol. The topological polar surface area (TPSA) is 88.8 Å². The fourth-order valence-electron chi connectivity index (χ4n) is 3.00. The van der Waals surface area contributed by atoms with E-state index in [1.54, 1.807) is 31.2 Å².